The SMILES string of the molecule is CCCCCc1cc(Br)ccc1OCOC. The fourth-order valence-corrected chi connectivity index (χ4v) is 1.98. The normalized spacial score (nSPS) is 10.4. The van der Waals surface area contributed by atoms with Crippen molar-refractivity contribution in [3.63, 3.8) is 0 Å². The van der Waals surface area contributed by atoms with Crippen molar-refractivity contribution >= 4 is 15.9 Å². The molecule has 0 aromatic heterocycles. The lowest BCUT2D eigenvalue weighted by Crippen LogP contribution is -2.01. The maximum atomic E-state index is 5.53. The van der Waals surface area contributed by atoms with Crippen molar-refractivity contribution in [2.75, 3.05) is 13.9 Å². The molecule has 0 heterocycles. The summed E-state index contributed by atoms with van der Waals surface area (Å²) in [6.45, 7) is 2.52. The van der Waals surface area contributed by atoms with E-state index in [4.69, 9.17) is 9.47 Å². The molecule has 0 N–H and O–H groups in total. The zero-order chi connectivity index (χ0) is 11.8. The Morgan fingerprint density at radius 1 is 1.25 bits per heavy atom. The van der Waals surface area contributed by atoms with Crippen LogP contribution >= 0.6 is 15.9 Å². The minimum absolute atomic E-state index is 0.308. The van der Waals surface area contributed by atoms with E-state index in [0.29, 0.717) is 6.79 Å². The van der Waals surface area contributed by atoms with E-state index in [-0.39, 0.29) is 0 Å². The van der Waals surface area contributed by atoms with Gasteiger partial charge in [-0.2, -0.15) is 0 Å². The highest BCUT2D eigenvalue weighted by molar-refractivity contribution is 9.10. The van der Waals surface area contributed by atoms with Crippen LogP contribution in [0.4, 0.5) is 0 Å². The Morgan fingerprint density at radius 2 is 2.06 bits per heavy atom. The number of hydrogen-bond donors (Lipinski definition) is 0. The van der Waals surface area contributed by atoms with Gasteiger partial charge in [-0.3, -0.25) is 0 Å². The predicted molar refractivity (Wildman–Crippen MR) is 69.9 cm³/mol. The summed E-state index contributed by atoms with van der Waals surface area (Å²) in [5.41, 5.74) is 1.25. The lowest BCUT2D eigenvalue weighted by molar-refractivity contribution is 0.0504. The lowest BCUT2D eigenvalue weighted by atomic mass is 10.1. The van der Waals surface area contributed by atoms with Crippen LogP contribution in [-0.2, 0) is 11.2 Å². The van der Waals surface area contributed by atoms with E-state index in [1.165, 1.54) is 24.8 Å². The van der Waals surface area contributed by atoms with E-state index in [0.717, 1.165) is 16.6 Å². The van der Waals surface area contributed by atoms with Gasteiger partial charge < -0.3 is 9.47 Å². The zero-order valence-corrected chi connectivity index (χ0v) is 11.5. The van der Waals surface area contributed by atoms with Crippen molar-refractivity contribution in [1.82, 2.24) is 0 Å². The van der Waals surface area contributed by atoms with Gasteiger partial charge in [0, 0.05) is 11.6 Å². The smallest absolute Gasteiger partial charge is 0.188 e. The fraction of sp³-hybridized carbons (Fsp3) is 0.538. The molecule has 0 bridgehead atoms. The minimum Gasteiger partial charge on any atom is -0.467 e. The van der Waals surface area contributed by atoms with Gasteiger partial charge in [-0.1, -0.05) is 35.7 Å². The monoisotopic (exact) mass is 286 g/mol. The summed E-state index contributed by atoms with van der Waals surface area (Å²) < 4.78 is 11.6. The van der Waals surface area contributed by atoms with E-state index in [1.54, 1.807) is 7.11 Å². The van der Waals surface area contributed by atoms with E-state index in [9.17, 15) is 0 Å². The summed E-state index contributed by atoms with van der Waals surface area (Å²) in [5, 5.41) is 0. The summed E-state index contributed by atoms with van der Waals surface area (Å²) in [7, 11) is 1.63. The van der Waals surface area contributed by atoms with Gasteiger partial charge in [0.25, 0.3) is 0 Å². The highest BCUT2D eigenvalue weighted by atomic mass is 79.9. The quantitative estimate of drug-likeness (QED) is 0.553. The average molecular weight is 287 g/mol. The van der Waals surface area contributed by atoms with Crippen LogP contribution in [0.15, 0.2) is 22.7 Å². The van der Waals surface area contributed by atoms with E-state index in [1.807, 2.05) is 12.1 Å². The second-order valence-electron chi connectivity index (χ2n) is 3.76. The maximum absolute atomic E-state index is 5.53. The van der Waals surface area contributed by atoms with Gasteiger partial charge in [0.1, 0.15) is 5.75 Å². The summed E-state index contributed by atoms with van der Waals surface area (Å²) in [6.07, 6.45) is 4.76. The Kier molecular flexibility index (Phi) is 6.50. The van der Waals surface area contributed by atoms with Gasteiger partial charge >= 0.3 is 0 Å². The minimum atomic E-state index is 0.308. The Balaban J connectivity index is 2.65. The first-order valence-corrected chi connectivity index (χ1v) is 6.47. The molecule has 0 saturated heterocycles. The van der Waals surface area contributed by atoms with Gasteiger partial charge in [0.05, 0.1) is 0 Å². The number of methoxy groups -OCH3 is 1. The van der Waals surface area contributed by atoms with Crippen molar-refractivity contribution < 1.29 is 9.47 Å². The Morgan fingerprint density at radius 3 is 2.75 bits per heavy atom. The molecule has 1 aromatic rings. The van der Waals surface area contributed by atoms with E-state index < -0.39 is 0 Å². The summed E-state index contributed by atoms with van der Waals surface area (Å²) in [4.78, 5) is 0. The van der Waals surface area contributed by atoms with Crippen LogP contribution in [0.25, 0.3) is 0 Å². The van der Waals surface area contributed by atoms with Crippen LogP contribution in [0, 0.1) is 0 Å². The largest absolute Gasteiger partial charge is 0.467 e. The molecule has 90 valence electrons. The molecule has 2 nitrogen and oxygen atoms in total. The number of halogens is 1. The molecule has 16 heavy (non-hydrogen) atoms. The predicted octanol–water partition coefficient (Wildman–Crippen LogP) is 4.16. The Bertz CT molecular complexity index is 313. The third-order valence-corrected chi connectivity index (χ3v) is 2.90. The first kappa shape index (κ1) is 13.5. The molecule has 0 fully saturated rings. The molecule has 0 aliphatic heterocycles. The van der Waals surface area contributed by atoms with Crippen LogP contribution in [-0.4, -0.2) is 13.9 Å². The van der Waals surface area contributed by atoms with Crippen molar-refractivity contribution in [3.8, 4) is 5.75 Å². The number of hydrogen-bond acceptors (Lipinski definition) is 2. The summed E-state index contributed by atoms with van der Waals surface area (Å²) in [6, 6.07) is 6.11. The third kappa shape index (κ3) is 4.54. The first-order valence-electron chi connectivity index (χ1n) is 5.68. The molecule has 0 aliphatic carbocycles. The average Bonchev–Trinajstić information content (AvgIpc) is 2.28. The van der Waals surface area contributed by atoms with E-state index >= 15 is 0 Å². The lowest BCUT2D eigenvalue weighted by Gasteiger charge is -2.11. The van der Waals surface area contributed by atoms with Crippen LogP contribution in [0.1, 0.15) is 31.7 Å². The molecule has 0 saturated carbocycles. The summed E-state index contributed by atoms with van der Waals surface area (Å²) >= 11 is 3.49. The molecule has 3 heteroatoms. The molecule has 1 rings (SSSR count). The number of aryl methyl sites for hydroxylation is 1. The molecule has 0 atom stereocenters. The second-order valence-corrected chi connectivity index (χ2v) is 4.68. The topological polar surface area (TPSA) is 18.5 Å². The number of ether oxygens (including phenoxy) is 2. The zero-order valence-electron chi connectivity index (χ0n) is 9.96. The van der Waals surface area contributed by atoms with Gasteiger partial charge in [0.2, 0.25) is 0 Å². The molecular formula is C13H19BrO2. The van der Waals surface area contributed by atoms with Gasteiger partial charge in [-0.05, 0) is 36.6 Å². The Labute approximate surface area is 106 Å². The molecule has 0 unspecified atom stereocenters. The van der Waals surface area contributed by atoms with Crippen molar-refractivity contribution in [1.29, 1.82) is 0 Å². The molecule has 0 aliphatic rings. The highest BCUT2D eigenvalue weighted by Crippen LogP contribution is 2.25. The standard InChI is InChI=1S/C13H19BrO2/c1-3-4-5-6-11-9-12(14)7-8-13(11)16-10-15-2/h7-9H,3-6,10H2,1-2H3. The number of rotatable bonds is 7. The number of unbranched alkanes of at least 4 members (excludes halogenated alkanes) is 2. The van der Waals surface area contributed by atoms with Crippen LogP contribution < -0.4 is 4.74 Å². The first-order chi connectivity index (χ1) is 7.77. The van der Waals surface area contributed by atoms with Crippen molar-refractivity contribution in [2.45, 2.75) is 32.6 Å². The molecular weight excluding hydrogens is 268 g/mol. The maximum Gasteiger partial charge on any atom is 0.188 e. The van der Waals surface area contributed by atoms with Crippen LogP contribution in [0.2, 0.25) is 0 Å². The fourth-order valence-electron chi connectivity index (χ4n) is 1.57. The van der Waals surface area contributed by atoms with Crippen molar-refractivity contribution in [2.24, 2.45) is 0 Å². The molecule has 0 spiro atoms. The summed E-state index contributed by atoms with van der Waals surface area (Å²) in [5.74, 6) is 0.932. The number of benzene rings is 1. The van der Waals surface area contributed by atoms with Gasteiger partial charge in [-0.25, -0.2) is 0 Å². The van der Waals surface area contributed by atoms with Crippen LogP contribution in [0.5, 0.6) is 5.75 Å². The van der Waals surface area contributed by atoms with E-state index in [2.05, 4.69) is 28.9 Å². The van der Waals surface area contributed by atoms with Gasteiger partial charge in [0.15, 0.2) is 6.79 Å². The molecule has 0 radical (unpaired) electrons. The second kappa shape index (κ2) is 7.69. The highest BCUT2D eigenvalue weighted by Gasteiger charge is 2.04. The third-order valence-electron chi connectivity index (χ3n) is 2.40. The Hall–Kier alpha value is -0.540. The molecule has 0 amide bonds. The molecule has 1 aromatic carbocycles. The van der Waals surface area contributed by atoms with Crippen LogP contribution in [0.3, 0.4) is 0 Å². The van der Waals surface area contributed by atoms with Gasteiger partial charge in [-0.15, -0.1) is 0 Å². The van der Waals surface area contributed by atoms with Crippen molar-refractivity contribution in [3.05, 3.63) is 28.2 Å².